The molecular weight excluding hydrogens is 205 g/mol. The number of carboxylic acid groups (broad SMARTS) is 1. The second kappa shape index (κ2) is 8.07. The van der Waals surface area contributed by atoms with Gasteiger partial charge in [0.05, 0.1) is 0 Å². The fourth-order valence-corrected chi connectivity index (χ4v) is 0.355. The molecular formula is C9H20N2O4+2. The predicted molar refractivity (Wildman–Crippen MR) is 52.6 cm³/mol. The lowest BCUT2D eigenvalue weighted by atomic mass is 10.5. The van der Waals surface area contributed by atoms with Crippen molar-refractivity contribution in [3.05, 3.63) is 0 Å². The van der Waals surface area contributed by atoms with Crippen LogP contribution in [-0.4, -0.2) is 34.7 Å². The molecule has 0 aliphatic carbocycles. The minimum Gasteiger partial charge on any atom is -0.481 e. The average Bonchev–Trinajstić information content (AvgIpc) is 2.03. The minimum absolute atomic E-state index is 0.0370. The largest absolute Gasteiger partial charge is 0.481 e. The monoisotopic (exact) mass is 225 g/mol. The van der Waals surface area contributed by atoms with Crippen molar-refractivity contribution in [2.45, 2.75) is 39.3 Å². The zero-order valence-electron chi connectivity index (χ0n) is 9.45. The van der Waals surface area contributed by atoms with E-state index in [9.17, 15) is 14.4 Å². The number of rotatable bonds is 4. The van der Waals surface area contributed by atoms with Crippen molar-refractivity contribution in [2.24, 2.45) is 0 Å². The quantitative estimate of drug-likeness (QED) is 0.472. The molecule has 0 saturated heterocycles. The Kier molecular flexibility index (Phi) is 8.70. The highest BCUT2D eigenvalue weighted by atomic mass is 16.5. The van der Waals surface area contributed by atoms with Gasteiger partial charge in [-0.15, -0.1) is 0 Å². The number of carboxylic acids is 1. The third-order valence-corrected chi connectivity index (χ3v) is 1.69. The van der Waals surface area contributed by atoms with Crippen LogP contribution in [0.1, 0.15) is 27.2 Å². The first-order valence-electron chi connectivity index (χ1n) is 4.57. The molecule has 0 radical (unpaired) electrons. The van der Waals surface area contributed by atoms with E-state index in [-0.39, 0.29) is 24.0 Å². The van der Waals surface area contributed by atoms with Crippen LogP contribution >= 0.6 is 0 Å². The Labute approximate surface area is 88.6 Å². The van der Waals surface area contributed by atoms with Crippen molar-refractivity contribution in [1.82, 2.24) is 0 Å². The summed E-state index contributed by atoms with van der Waals surface area (Å²) in [7, 11) is 0. The van der Waals surface area contributed by atoms with E-state index in [1.54, 1.807) is 6.92 Å². The maximum absolute atomic E-state index is 10.4. The summed E-state index contributed by atoms with van der Waals surface area (Å²) in [6.45, 7) is 4.65. The number of ketones is 2. The fourth-order valence-electron chi connectivity index (χ4n) is 0.355. The van der Waals surface area contributed by atoms with Gasteiger partial charge in [-0.05, 0) is 6.92 Å². The molecule has 6 heteroatoms. The van der Waals surface area contributed by atoms with Crippen LogP contribution < -0.4 is 11.5 Å². The van der Waals surface area contributed by atoms with E-state index in [0.29, 0.717) is 0 Å². The Hall–Kier alpha value is -1.27. The fraction of sp³-hybridized carbons (Fsp3) is 0.667. The summed E-state index contributed by atoms with van der Waals surface area (Å²) in [5.41, 5.74) is 6.84. The number of hydrogen-bond acceptors (Lipinski definition) is 3. The van der Waals surface area contributed by atoms with Gasteiger partial charge >= 0.3 is 5.97 Å². The van der Waals surface area contributed by atoms with E-state index in [4.69, 9.17) is 5.11 Å². The first kappa shape index (κ1) is 16.2. The maximum Gasteiger partial charge on any atom is 0.309 e. The summed E-state index contributed by atoms with van der Waals surface area (Å²) in [6, 6.07) is -0.632. The number of carbonyl (C=O) groups is 3. The van der Waals surface area contributed by atoms with Crippen molar-refractivity contribution in [3.8, 4) is 0 Å². The van der Waals surface area contributed by atoms with E-state index in [2.05, 4.69) is 11.5 Å². The SMILES string of the molecule is C[13C](=O)[13C@@H]([NH3+])[13CH2][13C](=O)O.C[C@H]([NH3+])[13C](C)=O. The average molecular weight is 225 g/mol. The van der Waals surface area contributed by atoms with E-state index in [1.807, 2.05) is 0 Å². The normalized spacial score (nSPS) is 13.1. The first-order valence-corrected chi connectivity index (χ1v) is 4.57. The molecule has 0 aliphatic rings. The molecule has 0 fully saturated rings. The van der Waals surface area contributed by atoms with Gasteiger partial charge < -0.3 is 16.6 Å². The lowest BCUT2D eigenvalue weighted by Crippen LogP contribution is -2.65. The van der Waals surface area contributed by atoms with Crippen molar-refractivity contribution >= 4 is 17.5 Å². The van der Waals surface area contributed by atoms with Crippen LogP contribution in [0.3, 0.4) is 0 Å². The Morgan fingerprint density at radius 3 is 1.53 bits per heavy atom. The Morgan fingerprint density at radius 2 is 1.47 bits per heavy atom. The summed E-state index contributed by atoms with van der Waals surface area (Å²) in [5.74, 6) is -1.02. The lowest BCUT2D eigenvalue weighted by Gasteiger charge is -1.97. The summed E-state index contributed by atoms with van der Waals surface area (Å²) in [5, 5.41) is 8.14. The Bertz CT molecular complexity index is 238. The number of quaternary nitrogens is 2. The van der Waals surface area contributed by atoms with E-state index < -0.39 is 12.0 Å². The van der Waals surface area contributed by atoms with E-state index >= 15 is 0 Å². The summed E-state index contributed by atoms with van der Waals surface area (Å²) >= 11 is 0. The van der Waals surface area contributed by atoms with Crippen molar-refractivity contribution in [3.63, 3.8) is 0 Å². The standard InChI is InChI=1S/C5H9NO3.C4H9NO/c1-3(7)4(6)2-5(8)9;1-3(5)4(2)6/h4H,2,6H2,1H3,(H,8,9);3H,5H2,1-2H3/p+2/t4-;3-/m00/s1/i2+1,3+1,4+1,5+1;4+1. The second-order valence-electron chi connectivity index (χ2n) is 3.42. The van der Waals surface area contributed by atoms with Crippen LogP contribution in [0.4, 0.5) is 0 Å². The van der Waals surface area contributed by atoms with Crippen molar-refractivity contribution in [2.75, 3.05) is 0 Å². The first-order chi connectivity index (χ1) is 6.68. The Morgan fingerprint density at radius 1 is 1.13 bits per heavy atom. The summed E-state index contributed by atoms with van der Waals surface area (Å²) in [6.07, 6.45) is -0.171. The molecule has 0 rings (SSSR count). The second-order valence-corrected chi connectivity index (χ2v) is 3.42. The highest BCUT2D eigenvalue weighted by molar-refractivity contribution is 5.84. The Balaban J connectivity index is 0. The molecule has 0 aromatic heterocycles. The minimum atomic E-state index is -0.981. The van der Waals surface area contributed by atoms with Crippen LogP contribution in [0.15, 0.2) is 0 Å². The molecule has 88 valence electrons. The van der Waals surface area contributed by atoms with Gasteiger partial charge in [0, 0.05) is 13.8 Å². The van der Waals surface area contributed by atoms with Gasteiger partial charge in [0.25, 0.3) is 0 Å². The van der Waals surface area contributed by atoms with Gasteiger partial charge in [-0.3, -0.25) is 14.4 Å². The van der Waals surface area contributed by atoms with Gasteiger partial charge in [-0.1, -0.05) is 0 Å². The molecule has 0 saturated carbocycles. The van der Waals surface area contributed by atoms with Gasteiger partial charge in [-0.25, -0.2) is 0 Å². The molecule has 15 heavy (non-hydrogen) atoms. The third kappa shape index (κ3) is 12.7. The van der Waals surface area contributed by atoms with Crippen LogP contribution in [-0.2, 0) is 14.4 Å². The molecule has 0 bridgehead atoms. The summed E-state index contributed by atoms with van der Waals surface area (Å²) in [4.78, 5) is 30.4. The van der Waals surface area contributed by atoms with Gasteiger partial charge in [0.2, 0.25) is 0 Å². The third-order valence-electron chi connectivity index (χ3n) is 1.69. The molecule has 2 atom stereocenters. The van der Waals surface area contributed by atoms with Crippen molar-refractivity contribution in [1.29, 1.82) is 0 Å². The topological polar surface area (TPSA) is 127 Å². The number of Topliss-reactive ketones (excluding diaryl/α,β-unsaturated/α-hetero) is 2. The lowest BCUT2D eigenvalue weighted by molar-refractivity contribution is -0.402. The molecule has 0 aromatic rings. The maximum atomic E-state index is 10.4. The van der Waals surface area contributed by atoms with Gasteiger partial charge in [-0.2, -0.15) is 0 Å². The number of aliphatic carboxylic acids is 1. The van der Waals surface area contributed by atoms with Crippen LogP contribution in [0.2, 0.25) is 0 Å². The molecule has 0 unspecified atom stereocenters. The summed E-state index contributed by atoms with van der Waals surface area (Å²) < 4.78 is 0. The predicted octanol–water partition coefficient (Wildman–Crippen LogP) is -2.13. The molecule has 0 heterocycles. The van der Waals surface area contributed by atoms with Crippen LogP contribution in [0.25, 0.3) is 0 Å². The van der Waals surface area contributed by atoms with Gasteiger partial charge in [0.1, 0.15) is 12.5 Å². The molecule has 0 aromatic carbocycles. The zero-order valence-corrected chi connectivity index (χ0v) is 9.45. The van der Waals surface area contributed by atoms with Crippen molar-refractivity contribution < 1.29 is 31.0 Å². The highest BCUT2D eigenvalue weighted by Crippen LogP contribution is 1.85. The van der Waals surface area contributed by atoms with E-state index in [0.717, 1.165) is 0 Å². The van der Waals surface area contributed by atoms with Crippen LogP contribution in [0.5, 0.6) is 0 Å². The van der Waals surface area contributed by atoms with E-state index in [1.165, 1.54) is 13.8 Å². The molecule has 0 aliphatic heterocycles. The van der Waals surface area contributed by atoms with Crippen LogP contribution in [0, 0.1) is 0 Å². The molecule has 0 spiro atoms. The molecule has 7 N–H and O–H groups in total. The zero-order chi connectivity index (χ0) is 12.6. The highest BCUT2D eigenvalue weighted by Gasteiger charge is 2.15. The molecule has 0 amide bonds. The molecule has 6 nitrogen and oxygen atoms in total. The number of hydrogen-bond donors (Lipinski definition) is 3. The van der Waals surface area contributed by atoms with Gasteiger partial charge in [0.15, 0.2) is 17.6 Å². The smallest absolute Gasteiger partial charge is 0.309 e. The number of carbonyl (C=O) groups excluding carboxylic acids is 2.